The van der Waals surface area contributed by atoms with Crippen LogP contribution in [0.2, 0.25) is 0 Å². The molecule has 0 saturated carbocycles. The largest absolute Gasteiger partial charge is 0.497 e. The van der Waals surface area contributed by atoms with Gasteiger partial charge in [0.25, 0.3) is 0 Å². The maximum absolute atomic E-state index is 13.7. The number of nitrogens with zero attached hydrogens (tertiary/aromatic N) is 4. The molecule has 7 heteroatoms. The summed E-state index contributed by atoms with van der Waals surface area (Å²) in [5.41, 5.74) is 4.01. The molecule has 0 aliphatic carbocycles. The number of rotatable bonds is 8. The van der Waals surface area contributed by atoms with Gasteiger partial charge in [-0.3, -0.25) is 4.90 Å². The average molecular weight is 469 g/mol. The SMILES string of the molecule is CCCCN(CCCC)C(=O)N1Cn2c(cnc2-c2ccc(OC)cc2)-c2ccccc21.Cl. The van der Waals surface area contributed by atoms with Crippen molar-refractivity contribution in [3.63, 3.8) is 0 Å². The Morgan fingerprint density at radius 3 is 2.33 bits per heavy atom. The number of benzene rings is 2. The highest BCUT2D eigenvalue weighted by Gasteiger charge is 2.31. The van der Waals surface area contributed by atoms with Crippen molar-refractivity contribution in [2.45, 2.75) is 46.2 Å². The molecule has 0 bridgehead atoms. The molecule has 1 aromatic heterocycles. The van der Waals surface area contributed by atoms with Crippen molar-refractivity contribution in [3.05, 3.63) is 54.7 Å². The molecule has 2 amide bonds. The van der Waals surface area contributed by atoms with E-state index in [1.807, 2.05) is 58.5 Å². The third-order valence-corrected chi connectivity index (χ3v) is 6.02. The molecule has 1 aliphatic heterocycles. The molecular weight excluding hydrogens is 436 g/mol. The van der Waals surface area contributed by atoms with E-state index in [-0.39, 0.29) is 18.4 Å². The molecule has 1 aliphatic rings. The van der Waals surface area contributed by atoms with Gasteiger partial charge in [-0.2, -0.15) is 0 Å². The lowest BCUT2D eigenvalue weighted by atomic mass is 10.1. The van der Waals surface area contributed by atoms with Gasteiger partial charge in [-0.1, -0.05) is 44.9 Å². The zero-order chi connectivity index (χ0) is 22.5. The first-order valence-corrected chi connectivity index (χ1v) is 11.5. The summed E-state index contributed by atoms with van der Waals surface area (Å²) in [6, 6.07) is 16.1. The van der Waals surface area contributed by atoms with Crippen LogP contribution in [0.15, 0.2) is 54.7 Å². The molecule has 0 spiro atoms. The van der Waals surface area contributed by atoms with E-state index in [0.29, 0.717) is 6.67 Å². The molecule has 0 radical (unpaired) electrons. The number of unbranched alkanes of at least 4 members (excludes halogenated alkanes) is 2. The Balaban J connectivity index is 0.00000306. The van der Waals surface area contributed by atoms with E-state index in [1.165, 1.54) is 0 Å². The Labute approximate surface area is 202 Å². The van der Waals surface area contributed by atoms with Crippen LogP contribution in [-0.4, -0.2) is 40.7 Å². The van der Waals surface area contributed by atoms with Crippen LogP contribution < -0.4 is 9.64 Å². The standard InChI is InChI=1S/C26H32N4O2.ClH/c1-4-6-16-28(17-7-5-2)26(31)30-19-29-24(22-10-8-9-11-23(22)30)18-27-25(29)20-12-14-21(32-3)15-13-20;/h8-15,18H,4-7,16-17,19H2,1-3H3;1H. The highest BCUT2D eigenvalue weighted by molar-refractivity contribution is 5.97. The number of fused-ring (bicyclic) bond motifs is 3. The number of carbonyl (C=O) groups excluding carboxylic acids is 1. The molecule has 2 heterocycles. The van der Waals surface area contributed by atoms with E-state index in [0.717, 1.165) is 72.9 Å². The predicted molar refractivity (Wildman–Crippen MR) is 136 cm³/mol. The molecular formula is C26H33ClN4O2. The van der Waals surface area contributed by atoms with Gasteiger partial charge in [0.15, 0.2) is 0 Å². The van der Waals surface area contributed by atoms with Gasteiger partial charge in [0.1, 0.15) is 18.2 Å². The van der Waals surface area contributed by atoms with Gasteiger partial charge >= 0.3 is 6.03 Å². The number of para-hydroxylation sites is 1. The fraction of sp³-hybridized carbons (Fsp3) is 0.385. The smallest absolute Gasteiger partial charge is 0.326 e. The van der Waals surface area contributed by atoms with Crippen LogP contribution >= 0.6 is 12.4 Å². The van der Waals surface area contributed by atoms with Gasteiger partial charge in [-0.05, 0) is 43.2 Å². The number of anilines is 1. The zero-order valence-corrected chi connectivity index (χ0v) is 20.5. The Morgan fingerprint density at radius 1 is 1.03 bits per heavy atom. The van der Waals surface area contributed by atoms with E-state index < -0.39 is 0 Å². The molecule has 33 heavy (non-hydrogen) atoms. The zero-order valence-electron chi connectivity index (χ0n) is 19.7. The van der Waals surface area contributed by atoms with Crippen molar-refractivity contribution in [1.29, 1.82) is 0 Å². The molecule has 3 aromatic rings. The number of imidazole rings is 1. The number of hydrogen-bond acceptors (Lipinski definition) is 3. The maximum Gasteiger partial charge on any atom is 0.326 e. The summed E-state index contributed by atoms with van der Waals surface area (Å²) in [5.74, 6) is 1.66. The fourth-order valence-corrected chi connectivity index (χ4v) is 4.18. The van der Waals surface area contributed by atoms with Crippen LogP contribution in [0.3, 0.4) is 0 Å². The summed E-state index contributed by atoms with van der Waals surface area (Å²) in [4.78, 5) is 22.4. The molecule has 2 aromatic carbocycles. The summed E-state index contributed by atoms with van der Waals surface area (Å²) in [5, 5.41) is 0. The number of urea groups is 1. The van der Waals surface area contributed by atoms with Gasteiger partial charge in [0.05, 0.1) is 24.7 Å². The van der Waals surface area contributed by atoms with Gasteiger partial charge in [0, 0.05) is 24.2 Å². The van der Waals surface area contributed by atoms with Crippen LogP contribution in [0.5, 0.6) is 5.75 Å². The first kappa shape index (κ1) is 24.6. The normalized spacial score (nSPS) is 11.9. The number of carbonyl (C=O) groups is 1. The Kier molecular flexibility index (Phi) is 8.39. The highest BCUT2D eigenvalue weighted by Crippen LogP contribution is 2.39. The summed E-state index contributed by atoms with van der Waals surface area (Å²) < 4.78 is 7.44. The molecule has 6 nitrogen and oxygen atoms in total. The van der Waals surface area contributed by atoms with Gasteiger partial charge in [-0.25, -0.2) is 9.78 Å². The quantitative estimate of drug-likeness (QED) is 0.382. The molecule has 0 fully saturated rings. The monoisotopic (exact) mass is 468 g/mol. The second-order valence-corrected chi connectivity index (χ2v) is 8.19. The van der Waals surface area contributed by atoms with Crippen molar-refractivity contribution < 1.29 is 9.53 Å². The minimum absolute atomic E-state index is 0. The lowest BCUT2D eigenvalue weighted by Gasteiger charge is -2.35. The van der Waals surface area contributed by atoms with Crippen LogP contribution in [-0.2, 0) is 6.67 Å². The number of halogens is 1. The van der Waals surface area contributed by atoms with Crippen molar-refractivity contribution in [2.75, 3.05) is 25.1 Å². The molecule has 176 valence electrons. The molecule has 0 saturated heterocycles. The van der Waals surface area contributed by atoms with E-state index >= 15 is 0 Å². The molecule has 0 unspecified atom stereocenters. The van der Waals surface area contributed by atoms with Crippen LogP contribution in [0.25, 0.3) is 22.6 Å². The van der Waals surface area contributed by atoms with Crippen LogP contribution in [0.1, 0.15) is 39.5 Å². The van der Waals surface area contributed by atoms with Crippen molar-refractivity contribution in [2.24, 2.45) is 0 Å². The Hall–Kier alpha value is -2.99. The Morgan fingerprint density at radius 2 is 1.70 bits per heavy atom. The first-order valence-electron chi connectivity index (χ1n) is 11.5. The lowest BCUT2D eigenvalue weighted by Crippen LogP contribution is -2.46. The number of hydrogen-bond donors (Lipinski definition) is 0. The lowest BCUT2D eigenvalue weighted by molar-refractivity contribution is 0.200. The van der Waals surface area contributed by atoms with Gasteiger partial charge < -0.3 is 14.2 Å². The number of amides is 2. The number of aromatic nitrogens is 2. The van der Waals surface area contributed by atoms with Crippen LogP contribution in [0.4, 0.5) is 10.5 Å². The third kappa shape index (κ3) is 5.01. The average Bonchev–Trinajstić information content (AvgIpc) is 3.27. The van der Waals surface area contributed by atoms with E-state index in [9.17, 15) is 4.79 Å². The molecule has 0 N–H and O–H groups in total. The summed E-state index contributed by atoms with van der Waals surface area (Å²) >= 11 is 0. The highest BCUT2D eigenvalue weighted by atomic mass is 35.5. The third-order valence-electron chi connectivity index (χ3n) is 6.02. The van der Waals surface area contributed by atoms with E-state index in [2.05, 4.69) is 24.5 Å². The summed E-state index contributed by atoms with van der Waals surface area (Å²) in [6.45, 7) is 6.35. The molecule has 0 atom stereocenters. The summed E-state index contributed by atoms with van der Waals surface area (Å²) in [7, 11) is 1.66. The fourth-order valence-electron chi connectivity index (χ4n) is 4.18. The van der Waals surface area contributed by atoms with Crippen molar-refractivity contribution in [1.82, 2.24) is 14.5 Å². The second-order valence-electron chi connectivity index (χ2n) is 8.19. The number of methoxy groups -OCH3 is 1. The first-order chi connectivity index (χ1) is 15.7. The number of ether oxygens (including phenoxy) is 1. The minimum Gasteiger partial charge on any atom is -0.497 e. The van der Waals surface area contributed by atoms with E-state index in [4.69, 9.17) is 9.72 Å². The van der Waals surface area contributed by atoms with Crippen LogP contribution in [0, 0.1) is 0 Å². The van der Waals surface area contributed by atoms with E-state index in [1.54, 1.807) is 7.11 Å². The topological polar surface area (TPSA) is 50.6 Å². The Bertz CT molecular complexity index is 1060. The molecule has 4 rings (SSSR count). The maximum atomic E-state index is 13.7. The predicted octanol–water partition coefficient (Wildman–Crippen LogP) is 6.45. The van der Waals surface area contributed by atoms with Gasteiger partial charge in [0.2, 0.25) is 0 Å². The minimum atomic E-state index is 0. The van der Waals surface area contributed by atoms with Crippen molar-refractivity contribution in [3.8, 4) is 28.4 Å². The second kappa shape index (κ2) is 11.2. The summed E-state index contributed by atoms with van der Waals surface area (Å²) in [6.07, 6.45) is 6.07. The van der Waals surface area contributed by atoms with Crippen molar-refractivity contribution >= 4 is 24.1 Å². The van der Waals surface area contributed by atoms with Gasteiger partial charge in [-0.15, -0.1) is 12.4 Å².